The second-order valence-corrected chi connectivity index (χ2v) is 5.60. The second kappa shape index (κ2) is 7.01. The van der Waals surface area contributed by atoms with Crippen molar-refractivity contribution < 1.29 is 18.4 Å². The summed E-state index contributed by atoms with van der Waals surface area (Å²) in [6.07, 6.45) is 0.434. The molecule has 1 aliphatic heterocycles. The number of nitrogens with zero attached hydrogens (tertiary/aromatic N) is 2. The largest absolute Gasteiger partial charge is 0.327 e. The molecule has 5 nitrogen and oxygen atoms in total. The van der Waals surface area contributed by atoms with E-state index in [0.717, 1.165) is 28.4 Å². The lowest BCUT2D eigenvalue weighted by atomic mass is 10.3. The molecule has 9 heteroatoms. The molecule has 1 saturated heterocycles. The number of thiazole rings is 1. The Bertz CT molecular complexity index is 717. The number of nitrogens with one attached hydrogen (secondary N) is 1. The molecule has 1 N–H and O–H groups in total. The van der Waals surface area contributed by atoms with Crippen molar-refractivity contribution in [2.75, 3.05) is 5.32 Å². The molecule has 122 valence electrons. The zero-order valence-corrected chi connectivity index (χ0v) is 13.3. The monoisotopic (exact) mass is 359 g/mol. The van der Waals surface area contributed by atoms with Gasteiger partial charge in [-0.2, -0.15) is 0 Å². The summed E-state index contributed by atoms with van der Waals surface area (Å²) in [5.41, 5.74) is 0.213. The van der Waals surface area contributed by atoms with Crippen molar-refractivity contribution in [3.05, 3.63) is 40.9 Å². The fraction of sp³-hybridized carbons (Fsp3) is 0.214. The van der Waals surface area contributed by atoms with E-state index in [0.29, 0.717) is 5.69 Å². The molecule has 1 aromatic heterocycles. The van der Waals surface area contributed by atoms with Crippen LogP contribution in [0.1, 0.15) is 18.5 Å². The number of carbonyl (C=O) groups is 2. The quantitative estimate of drug-likeness (QED) is 0.851. The first-order valence-electron chi connectivity index (χ1n) is 6.53. The summed E-state index contributed by atoms with van der Waals surface area (Å²) in [4.78, 5) is 28.4. The molecule has 0 spiro atoms. The normalized spacial score (nSPS) is 14.1. The summed E-state index contributed by atoms with van der Waals surface area (Å²) in [6.45, 7) is 0.0790. The first-order chi connectivity index (χ1) is 10.5. The average Bonchev–Trinajstić information content (AvgIpc) is 3.05. The first-order valence-corrected chi connectivity index (χ1v) is 7.41. The minimum Gasteiger partial charge on any atom is -0.327 e. The van der Waals surface area contributed by atoms with Crippen LogP contribution in [0.2, 0.25) is 0 Å². The summed E-state index contributed by atoms with van der Waals surface area (Å²) in [5.74, 6) is -1.90. The maximum Gasteiger partial charge on any atom is 0.230 e. The Morgan fingerprint density at radius 1 is 1.17 bits per heavy atom. The van der Waals surface area contributed by atoms with E-state index in [1.54, 1.807) is 5.38 Å². The maximum absolute atomic E-state index is 13.5. The Morgan fingerprint density at radius 2 is 1.78 bits per heavy atom. The van der Waals surface area contributed by atoms with Crippen molar-refractivity contribution >= 4 is 46.4 Å². The van der Waals surface area contributed by atoms with Crippen molar-refractivity contribution in [3.8, 4) is 0 Å². The van der Waals surface area contributed by atoms with Crippen LogP contribution in [0, 0.1) is 11.6 Å². The molecule has 0 aliphatic carbocycles. The van der Waals surface area contributed by atoms with E-state index < -0.39 is 11.6 Å². The number of hydrogen-bond acceptors (Lipinski definition) is 5. The Kier molecular flexibility index (Phi) is 5.27. The molecule has 0 unspecified atom stereocenters. The highest BCUT2D eigenvalue weighted by Gasteiger charge is 2.29. The molecule has 2 amide bonds. The topological polar surface area (TPSA) is 62.3 Å². The Hall–Kier alpha value is -2.06. The molecule has 1 aliphatic rings. The molecular formula is C14H12ClF2N3O2S. The number of hydrogen-bond donors (Lipinski definition) is 1. The van der Waals surface area contributed by atoms with Gasteiger partial charge in [-0.25, -0.2) is 13.8 Å². The number of anilines is 2. The predicted molar refractivity (Wildman–Crippen MR) is 83.8 cm³/mol. The van der Waals surface area contributed by atoms with Gasteiger partial charge in [0.2, 0.25) is 11.8 Å². The summed E-state index contributed by atoms with van der Waals surface area (Å²) in [5, 5.41) is 4.51. The number of aromatic nitrogens is 1. The third kappa shape index (κ3) is 3.65. The van der Waals surface area contributed by atoms with Crippen molar-refractivity contribution in [3.63, 3.8) is 0 Å². The number of likely N-dealkylation sites (tertiary alicyclic amines) is 1. The minimum absolute atomic E-state index is 0. The van der Waals surface area contributed by atoms with Crippen molar-refractivity contribution in [1.82, 2.24) is 9.88 Å². The lowest BCUT2D eigenvalue weighted by Gasteiger charge is -2.11. The standard InChI is InChI=1S/C14H11F2N3O2S.ClH/c15-9-2-1-3-10(16)13(9)18-14-17-8(7-22-14)6-19-11(20)4-5-12(19)21;/h1-3,7H,4-6H2,(H,17,18);1H. The molecule has 1 aromatic carbocycles. The van der Waals surface area contributed by atoms with Gasteiger partial charge in [-0.05, 0) is 12.1 Å². The highest BCUT2D eigenvalue weighted by Crippen LogP contribution is 2.26. The first kappa shape index (κ1) is 17.3. The molecule has 0 atom stereocenters. The Labute approximate surface area is 140 Å². The lowest BCUT2D eigenvalue weighted by molar-refractivity contribution is -0.139. The number of imide groups is 1. The van der Waals surface area contributed by atoms with Crippen LogP contribution >= 0.6 is 23.7 Å². The fourth-order valence-corrected chi connectivity index (χ4v) is 2.83. The predicted octanol–water partition coefficient (Wildman–Crippen LogP) is 3.24. The van der Waals surface area contributed by atoms with Gasteiger partial charge in [-0.3, -0.25) is 14.5 Å². The molecule has 0 radical (unpaired) electrons. The molecular weight excluding hydrogens is 348 g/mol. The van der Waals surface area contributed by atoms with Crippen LogP contribution in [0.5, 0.6) is 0 Å². The van der Waals surface area contributed by atoms with E-state index >= 15 is 0 Å². The molecule has 2 aromatic rings. The van der Waals surface area contributed by atoms with E-state index in [1.807, 2.05) is 0 Å². The number of halogens is 3. The summed E-state index contributed by atoms with van der Waals surface area (Å²) in [7, 11) is 0. The molecule has 2 heterocycles. The summed E-state index contributed by atoms with van der Waals surface area (Å²) < 4.78 is 27.1. The van der Waals surface area contributed by atoms with Gasteiger partial charge in [0.15, 0.2) is 5.13 Å². The van der Waals surface area contributed by atoms with Gasteiger partial charge in [-0.15, -0.1) is 23.7 Å². The third-order valence-corrected chi connectivity index (χ3v) is 4.03. The van der Waals surface area contributed by atoms with Gasteiger partial charge in [0, 0.05) is 18.2 Å². The van der Waals surface area contributed by atoms with E-state index in [4.69, 9.17) is 0 Å². The maximum atomic E-state index is 13.5. The fourth-order valence-electron chi connectivity index (χ4n) is 2.12. The van der Waals surface area contributed by atoms with E-state index in [1.165, 1.54) is 6.07 Å². The number of carbonyl (C=O) groups excluding carboxylic acids is 2. The van der Waals surface area contributed by atoms with Crippen LogP contribution in [0.3, 0.4) is 0 Å². The van der Waals surface area contributed by atoms with Gasteiger partial charge in [-0.1, -0.05) is 6.07 Å². The van der Waals surface area contributed by atoms with Crippen molar-refractivity contribution in [2.45, 2.75) is 19.4 Å². The molecule has 0 bridgehead atoms. The van der Waals surface area contributed by atoms with Crippen LogP contribution in [-0.2, 0) is 16.1 Å². The van der Waals surface area contributed by atoms with Gasteiger partial charge < -0.3 is 5.32 Å². The number of para-hydroxylation sites is 1. The van der Waals surface area contributed by atoms with Crippen molar-refractivity contribution in [1.29, 1.82) is 0 Å². The van der Waals surface area contributed by atoms with Crippen LogP contribution in [0.4, 0.5) is 19.6 Å². The zero-order chi connectivity index (χ0) is 15.7. The van der Waals surface area contributed by atoms with Crippen LogP contribution < -0.4 is 5.32 Å². The third-order valence-electron chi connectivity index (χ3n) is 3.22. The van der Waals surface area contributed by atoms with Gasteiger partial charge in [0.25, 0.3) is 0 Å². The van der Waals surface area contributed by atoms with Crippen LogP contribution in [0.15, 0.2) is 23.6 Å². The Morgan fingerprint density at radius 3 is 2.39 bits per heavy atom. The van der Waals surface area contributed by atoms with E-state index in [-0.39, 0.29) is 54.4 Å². The molecule has 0 saturated carbocycles. The SMILES string of the molecule is Cl.O=C1CCC(=O)N1Cc1csc(Nc2c(F)cccc2F)n1. The average molecular weight is 360 g/mol. The minimum atomic E-state index is -0.721. The van der Waals surface area contributed by atoms with Gasteiger partial charge >= 0.3 is 0 Å². The zero-order valence-electron chi connectivity index (χ0n) is 11.7. The van der Waals surface area contributed by atoms with Crippen LogP contribution in [0.25, 0.3) is 0 Å². The number of amides is 2. The second-order valence-electron chi connectivity index (χ2n) is 4.74. The molecule has 1 fully saturated rings. The summed E-state index contributed by atoms with van der Waals surface area (Å²) >= 11 is 1.14. The highest BCUT2D eigenvalue weighted by molar-refractivity contribution is 7.13. The number of rotatable bonds is 4. The highest BCUT2D eigenvalue weighted by atomic mass is 35.5. The number of benzene rings is 1. The van der Waals surface area contributed by atoms with Gasteiger partial charge in [0.05, 0.1) is 12.2 Å². The van der Waals surface area contributed by atoms with E-state index in [2.05, 4.69) is 10.3 Å². The molecule has 3 rings (SSSR count). The summed E-state index contributed by atoms with van der Waals surface area (Å²) in [6, 6.07) is 3.55. The van der Waals surface area contributed by atoms with Crippen LogP contribution in [-0.4, -0.2) is 21.7 Å². The molecule has 23 heavy (non-hydrogen) atoms. The van der Waals surface area contributed by atoms with Gasteiger partial charge in [0.1, 0.15) is 17.3 Å². The van der Waals surface area contributed by atoms with Crippen molar-refractivity contribution in [2.24, 2.45) is 0 Å². The lowest BCUT2D eigenvalue weighted by Crippen LogP contribution is -2.28. The van der Waals surface area contributed by atoms with E-state index in [9.17, 15) is 18.4 Å². The Balaban J connectivity index is 0.00000192. The smallest absolute Gasteiger partial charge is 0.230 e.